The third-order valence-electron chi connectivity index (χ3n) is 7.48. The van der Waals surface area contributed by atoms with Gasteiger partial charge < -0.3 is 14.6 Å². The van der Waals surface area contributed by atoms with Crippen molar-refractivity contribution in [2.75, 3.05) is 24.4 Å². The standard InChI is InChI=1S/C33H40O6S2/c1-22-9-7-11-26(39-27-13-14-30-25(19-32(34)35)21-40-31(30)20-27)10-5-6-12-29(22)33-23(2)17-28(18-24(33)3)38-15-8-16-41(4,36)37/h5-6,12-14,17-18,20,25-26H,1,7-11,15-16,19,21H2,2-4H3,(H,34,35)/b6-5-,29-12?/t25-,26+/m1/s1. The molecule has 0 radical (unpaired) electrons. The summed E-state index contributed by atoms with van der Waals surface area (Å²) in [6, 6.07) is 10.1. The van der Waals surface area contributed by atoms with Gasteiger partial charge in [-0.25, -0.2) is 8.42 Å². The van der Waals surface area contributed by atoms with Gasteiger partial charge in [-0.05, 0) is 97.2 Å². The van der Waals surface area contributed by atoms with Crippen molar-refractivity contribution in [3.63, 3.8) is 0 Å². The second-order valence-electron chi connectivity index (χ2n) is 11.0. The number of ether oxygens (including phenoxy) is 2. The summed E-state index contributed by atoms with van der Waals surface area (Å²) in [7, 11) is -2.99. The van der Waals surface area contributed by atoms with Crippen molar-refractivity contribution in [1.29, 1.82) is 0 Å². The molecule has 41 heavy (non-hydrogen) atoms. The van der Waals surface area contributed by atoms with Gasteiger partial charge in [-0.1, -0.05) is 30.9 Å². The van der Waals surface area contributed by atoms with Gasteiger partial charge in [0.2, 0.25) is 0 Å². The average Bonchev–Trinajstić information content (AvgIpc) is 3.27. The van der Waals surface area contributed by atoms with Crippen LogP contribution in [0.15, 0.2) is 65.6 Å². The number of aryl methyl sites for hydroxylation is 2. The summed E-state index contributed by atoms with van der Waals surface area (Å²) >= 11 is 1.71. The van der Waals surface area contributed by atoms with Gasteiger partial charge in [0.25, 0.3) is 0 Å². The Morgan fingerprint density at radius 1 is 1.15 bits per heavy atom. The minimum atomic E-state index is -2.99. The normalized spacial score (nSPS) is 20.2. The zero-order chi connectivity index (χ0) is 29.6. The summed E-state index contributed by atoms with van der Waals surface area (Å²) in [5, 5.41) is 9.19. The number of carboxylic acids is 1. The van der Waals surface area contributed by atoms with Gasteiger partial charge in [-0.3, -0.25) is 4.79 Å². The molecule has 1 heterocycles. The Morgan fingerprint density at radius 3 is 2.61 bits per heavy atom. The van der Waals surface area contributed by atoms with Crippen molar-refractivity contribution in [1.82, 2.24) is 0 Å². The fourth-order valence-corrected chi connectivity index (χ4v) is 7.44. The number of carbonyl (C=O) groups is 1. The van der Waals surface area contributed by atoms with Gasteiger partial charge >= 0.3 is 5.97 Å². The summed E-state index contributed by atoms with van der Waals surface area (Å²) < 4.78 is 35.0. The number of thioether (sulfide) groups is 1. The van der Waals surface area contributed by atoms with Crippen LogP contribution < -0.4 is 9.47 Å². The lowest BCUT2D eigenvalue weighted by molar-refractivity contribution is -0.137. The molecule has 6 nitrogen and oxygen atoms in total. The molecule has 0 aromatic heterocycles. The van der Waals surface area contributed by atoms with E-state index in [-0.39, 0.29) is 24.2 Å². The number of hydrogen-bond donors (Lipinski definition) is 1. The number of allylic oxidation sites excluding steroid dienone is 4. The first-order valence-electron chi connectivity index (χ1n) is 14.1. The number of benzene rings is 2. The van der Waals surface area contributed by atoms with Gasteiger partial charge in [-0.2, -0.15) is 0 Å². The zero-order valence-corrected chi connectivity index (χ0v) is 25.8. The predicted octanol–water partition coefficient (Wildman–Crippen LogP) is 7.30. The number of hydrogen-bond acceptors (Lipinski definition) is 6. The molecule has 2 aliphatic rings. The second-order valence-corrected chi connectivity index (χ2v) is 14.4. The van der Waals surface area contributed by atoms with E-state index in [1.807, 2.05) is 24.3 Å². The maximum absolute atomic E-state index is 11.4. The van der Waals surface area contributed by atoms with Gasteiger partial charge in [0, 0.05) is 29.2 Å². The lowest BCUT2D eigenvalue weighted by Gasteiger charge is -2.21. The Morgan fingerprint density at radius 2 is 1.90 bits per heavy atom. The van der Waals surface area contributed by atoms with Crippen LogP contribution in [0.3, 0.4) is 0 Å². The third-order valence-corrected chi connectivity index (χ3v) is 9.74. The van der Waals surface area contributed by atoms with Crippen LogP contribution in [0.4, 0.5) is 0 Å². The van der Waals surface area contributed by atoms with Crippen LogP contribution in [0.5, 0.6) is 11.5 Å². The molecule has 2 aromatic rings. The maximum atomic E-state index is 11.4. The minimum absolute atomic E-state index is 0.0517. The minimum Gasteiger partial charge on any atom is -0.494 e. The van der Waals surface area contributed by atoms with E-state index < -0.39 is 15.8 Å². The summed E-state index contributed by atoms with van der Waals surface area (Å²) in [4.78, 5) is 12.3. The van der Waals surface area contributed by atoms with Crippen LogP contribution in [0, 0.1) is 13.8 Å². The van der Waals surface area contributed by atoms with E-state index >= 15 is 0 Å². The van der Waals surface area contributed by atoms with E-state index in [1.54, 1.807) is 11.8 Å². The number of sulfone groups is 1. The van der Waals surface area contributed by atoms with E-state index in [2.05, 4.69) is 44.7 Å². The molecule has 8 heteroatoms. The topological polar surface area (TPSA) is 89.9 Å². The highest BCUT2D eigenvalue weighted by atomic mass is 32.2. The molecule has 0 unspecified atom stereocenters. The Hall–Kier alpha value is -2.97. The van der Waals surface area contributed by atoms with Crippen LogP contribution in [-0.2, 0) is 14.6 Å². The Kier molecular flexibility index (Phi) is 10.4. The quantitative estimate of drug-likeness (QED) is 0.288. The van der Waals surface area contributed by atoms with Crippen molar-refractivity contribution in [3.8, 4) is 11.5 Å². The summed E-state index contributed by atoms with van der Waals surface area (Å²) in [6.45, 7) is 8.95. The van der Waals surface area contributed by atoms with Gasteiger partial charge in [-0.15, -0.1) is 11.8 Å². The molecule has 0 saturated heterocycles. The zero-order valence-electron chi connectivity index (χ0n) is 24.1. The Bertz CT molecular complexity index is 1430. The second kappa shape index (κ2) is 13.8. The highest BCUT2D eigenvalue weighted by Gasteiger charge is 2.26. The molecule has 2 atom stereocenters. The molecule has 0 amide bonds. The molecule has 0 saturated carbocycles. The molecule has 2 aromatic carbocycles. The fourth-order valence-electron chi connectivity index (χ4n) is 5.52. The molecule has 0 spiro atoms. The molecule has 1 N–H and O–H groups in total. The molecule has 0 bridgehead atoms. The molecular formula is C33H40O6S2. The lowest BCUT2D eigenvalue weighted by atomic mass is 9.88. The smallest absolute Gasteiger partial charge is 0.303 e. The third kappa shape index (κ3) is 8.76. The predicted molar refractivity (Wildman–Crippen MR) is 167 cm³/mol. The molecular weight excluding hydrogens is 556 g/mol. The van der Waals surface area contributed by atoms with Crippen LogP contribution >= 0.6 is 11.8 Å². The molecule has 220 valence electrons. The summed E-state index contributed by atoms with van der Waals surface area (Å²) in [5.41, 5.74) is 6.69. The van der Waals surface area contributed by atoms with Crippen molar-refractivity contribution >= 4 is 33.1 Å². The van der Waals surface area contributed by atoms with E-state index in [0.29, 0.717) is 13.0 Å². The van der Waals surface area contributed by atoms with Crippen LogP contribution in [0.2, 0.25) is 0 Å². The first-order valence-corrected chi connectivity index (χ1v) is 17.2. The summed E-state index contributed by atoms with van der Waals surface area (Å²) in [6.07, 6.45) is 11.8. The highest BCUT2D eigenvalue weighted by Crippen LogP contribution is 2.43. The maximum Gasteiger partial charge on any atom is 0.303 e. The van der Waals surface area contributed by atoms with Crippen LogP contribution in [0.25, 0.3) is 5.57 Å². The van der Waals surface area contributed by atoms with Crippen molar-refractivity contribution < 1.29 is 27.8 Å². The molecule has 0 fully saturated rings. The van der Waals surface area contributed by atoms with Crippen molar-refractivity contribution in [3.05, 3.63) is 83.0 Å². The SMILES string of the molecule is C=C1CCC[C@@H](Oc2ccc3c(c2)SC[C@H]3CC(=O)O)C/C=C\C=C1c1c(C)cc(OCCCS(C)(=O)=O)cc1C. The summed E-state index contributed by atoms with van der Waals surface area (Å²) in [5.74, 6) is 1.81. The van der Waals surface area contributed by atoms with Crippen molar-refractivity contribution in [2.45, 2.75) is 69.3 Å². The molecule has 1 aliphatic heterocycles. The number of fused-ring (bicyclic) bond motifs is 1. The lowest BCUT2D eigenvalue weighted by Crippen LogP contribution is -2.16. The fraction of sp³-hybridized carbons (Fsp3) is 0.424. The first-order chi connectivity index (χ1) is 19.5. The average molecular weight is 597 g/mol. The molecule has 1 aliphatic carbocycles. The largest absolute Gasteiger partial charge is 0.494 e. The van der Waals surface area contributed by atoms with E-state index in [4.69, 9.17) is 9.47 Å². The number of carboxylic acid groups (broad SMARTS) is 1. The van der Waals surface area contributed by atoms with Gasteiger partial charge in [0.05, 0.1) is 18.8 Å². The highest BCUT2D eigenvalue weighted by molar-refractivity contribution is 7.99. The Labute approximate surface area is 248 Å². The van der Waals surface area contributed by atoms with Gasteiger partial charge in [0.15, 0.2) is 0 Å². The Balaban J connectivity index is 1.42. The number of rotatable bonds is 10. The van der Waals surface area contributed by atoms with E-state index in [1.165, 1.54) is 6.26 Å². The number of aliphatic carboxylic acids is 1. The van der Waals surface area contributed by atoms with Crippen molar-refractivity contribution in [2.24, 2.45) is 0 Å². The molecule has 4 rings (SSSR count). The van der Waals surface area contributed by atoms with E-state index in [9.17, 15) is 18.3 Å². The van der Waals surface area contributed by atoms with Crippen LogP contribution in [0.1, 0.15) is 66.7 Å². The monoisotopic (exact) mass is 596 g/mol. The van der Waals surface area contributed by atoms with E-state index in [0.717, 1.165) is 81.2 Å². The van der Waals surface area contributed by atoms with Crippen LogP contribution in [-0.4, -0.2) is 50.0 Å². The van der Waals surface area contributed by atoms with Gasteiger partial charge in [0.1, 0.15) is 27.4 Å². The first kappa shape index (κ1) is 31.0.